The van der Waals surface area contributed by atoms with E-state index < -0.39 is 0 Å². The van der Waals surface area contributed by atoms with Crippen molar-refractivity contribution in [1.29, 1.82) is 0 Å². The molecule has 3 heteroatoms. The molecule has 1 aliphatic rings. The largest absolute Gasteiger partial charge is 0.329 e. The first-order valence-electron chi connectivity index (χ1n) is 3.88. The van der Waals surface area contributed by atoms with E-state index in [1.54, 1.807) is 0 Å². The average molecular weight is 146 g/mol. The third kappa shape index (κ3) is 1.67. The lowest BCUT2D eigenvalue weighted by atomic mass is 10.2. The third-order valence-electron chi connectivity index (χ3n) is 2.14. The highest BCUT2D eigenvalue weighted by molar-refractivity contribution is 4.79. The number of rotatable bonds is 3. The van der Waals surface area contributed by atoms with E-state index in [4.69, 9.17) is 5.73 Å². The predicted molar refractivity (Wildman–Crippen MR) is 39.6 cm³/mol. The van der Waals surface area contributed by atoms with Crippen molar-refractivity contribution in [2.75, 3.05) is 26.3 Å². The molecule has 10 heavy (non-hydrogen) atoms. The van der Waals surface area contributed by atoms with Crippen molar-refractivity contribution in [1.82, 2.24) is 4.90 Å². The molecular formula is C7H15FN2. The molecule has 1 atom stereocenters. The van der Waals surface area contributed by atoms with Crippen LogP contribution in [-0.4, -0.2) is 37.3 Å². The van der Waals surface area contributed by atoms with Crippen LogP contribution in [0.5, 0.6) is 0 Å². The molecule has 2 N–H and O–H groups in total. The van der Waals surface area contributed by atoms with Crippen molar-refractivity contribution < 1.29 is 4.39 Å². The summed E-state index contributed by atoms with van der Waals surface area (Å²) in [4.78, 5) is 2.14. The number of likely N-dealkylation sites (tertiary alicyclic amines) is 1. The Morgan fingerprint density at radius 3 is 3.00 bits per heavy atom. The van der Waals surface area contributed by atoms with Gasteiger partial charge in [0.15, 0.2) is 0 Å². The van der Waals surface area contributed by atoms with Crippen LogP contribution in [0.4, 0.5) is 4.39 Å². The fraction of sp³-hybridized carbons (Fsp3) is 1.00. The van der Waals surface area contributed by atoms with Gasteiger partial charge < -0.3 is 5.73 Å². The highest BCUT2D eigenvalue weighted by atomic mass is 19.1. The van der Waals surface area contributed by atoms with E-state index in [9.17, 15) is 4.39 Å². The van der Waals surface area contributed by atoms with Gasteiger partial charge in [-0.3, -0.25) is 4.90 Å². The van der Waals surface area contributed by atoms with Gasteiger partial charge in [-0.05, 0) is 19.4 Å². The second-order valence-corrected chi connectivity index (χ2v) is 2.76. The van der Waals surface area contributed by atoms with E-state index in [0.717, 1.165) is 13.0 Å². The van der Waals surface area contributed by atoms with Crippen LogP contribution in [0, 0.1) is 0 Å². The van der Waals surface area contributed by atoms with Crippen molar-refractivity contribution in [2.45, 2.75) is 18.9 Å². The van der Waals surface area contributed by atoms with Crippen molar-refractivity contribution in [2.24, 2.45) is 5.73 Å². The van der Waals surface area contributed by atoms with Crippen LogP contribution in [0.3, 0.4) is 0 Å². The van der Waals surface area contributed by atoms with Crippen LogP contribution in [0.1, 0.15) is 12.8 Å². The molecule has 0 aromatic carbocycles. The van der Waals surface area contributed by atoms with Crippen molar-refractivity contribution in [3.05, 3.63) is 0 Å². The predicted octanol–water partition coefficient (Wildman–Crippen LogP) is 0.379. The molecule has 0 bridgehead atoms. The van der Waals surface area contributed by atoms with Gasteiger partial charge in [0.25, 0.3) is 0 Å². The van der Waals surface area contributed by atoms with Gasteiger partial charge in [-0.1, -0.05) is 0 Å². The molecule has 1 rings (SSSR count). The fourth-order valence-electron chi connectivity index (χ4n) is 1.57. The summed E-state index contributed by atoms with van der Waals surface area (Å²) in [5.74, 6) is 0. The second kappa shape index (κ2) is 3.88. The monoisotopic (exact) mass is 146 g/mol. The average Bonchev–Trinajstić information content (AvgIpc) is 2.36. The summed E-state index contributed by atoms with van der Waals surface area (Å²) in [7, 11) is 0. The molecule has 1 saturated heterocycles. The molecule has 0 aromatic heterocycles. The molecular weight excluding hydrogens is 131 g/mol. The van der Waals surface area contributed by atoms with Crippen LogP contribution in [0.25, 0.3) is 0 Å². The SMILES string of the molecule is NCC1CCCN1CCF. The molecule has 0 amide bonds. The first-order valence-corrected chi connectivity index (χ1v) is 3.88. The summed E-state index contributed by atoms with van der Waals surface area (Å²) in [5, 5.41) is 0. The Bertz CT molecular complexity index is 97.6. The molecule has 0 aliphatic carbocycles. The first-order chi connectivity index (χ1) is 4.88. The van der Waals surface area contributed by atoms with Gasteiger partial charge in [-0.15, -0.1) is 0 Å². The molecule has 1 aliphatic heterocycles. The lowest BCUT2D eigenvalue weighted by Crippen LogP contribution is -2.36. The van der Waals surface area contributed by atoms with Gasteiger partial charge in [-0.2, -0.15) is 0 Å². The van der Waals surface area contributed by atoms with E-state index >= 15 is 0 Å². The minimum atomic E-state index is -0.240. The second-order valence-electron chi connectivity index (χ2n) is 2.76. The van der Waals surface area contributed by atoms with Gasteiger partial charge >= 0.3 is 0 Å². The zero-order valence-corrected chi connectivity index (χ0v) is 6.22. The lowest BCUT2D eigenvalue weighted by molar-refractivity contribution is 0.235. The van der Waals surface area contributed by atoms with Crippen LogP contribution in [-0.2, 0) is 0 Å². The lowest BCUT2D eigenvalue weighted by Gasteiger charge is -2.20. The van der Waals surface area contributed by atoms with Crippen molar-refractivity contribution >= 4 is 0 Å². The summed E-state index contributed by atoms with van der Waals surface area (Å²) in [6.07, 6.45) is 2.33. The number of nitrogens with zero attached hydrogens (tertiary/aromatic N) is 1. The number of hydrogen-bond donors (Lipinski definition) is 1. The Kier molecular flexibility index (Phi) is 3.09. The van der Waals surface area contributed by atoms with Crippen LogP contribution in [0.2, 0.25) is 0 Å². The van der Waals surface area contributed by atoms with Crippen LogP contribution in [0.15, 0.2) is 0 Å². The maximum Gasteiger partial charge on any atom is 0.102 e. The highest BCUT2D eigenvalue weighted by Gasteiger charge is 2.21. The Morgan fingerprint density at radius 2 is 2.40 bits per heavy atom. The van der Waals surface area contributed by atoms with Gasteiger partial charge in [-0.25, -0.2) is 4.39 Å². The molecule has 0 aromatic rings. The molecule has 1 unspecified atom stereocenters. The highest BCUT2D eigenvalue weighted by Crippen LogP contribution is 2.14. The molecule has 0 spiro atoms. The third-order valence-corrected chi connectivity index (χ3v) is 2.14. The zero-order chi connectivity index (χ0) is 7.40. The van der Waals surface area contributed by atoms with E-state index in [-0.39, 0.29) is 6.67 Å². The van der Waals surface area contributed by atoms with E-state index in [2.05, 4.69) is 4.90 Å². The van der Waals surface area contributed by atoms with Crippen molar-refractivity contribution in [3.63, 3.8) is 0 Å². The number of hydrogen-bond acceptors (Lipinski definition) is 2. The van der Waals surface area contributed by atoms with Crippen molar-refractivity contribution in [3.8, 4) is 0 Å². The Morgan fingerprint density at radius 1 is 1.60 bits per heavy atom. The summed E-state index contributed by atoms with van der Waals surface area (Å²) in [5.41, 5.74) is 5.49. The standard InChI is InChI=1S/C7H15FN2/c8-3-5-10-4-1-2-7(10)6-9/h7H,1-6,9H2. The Hall–Kier alpha value is -0.150. The number of nitrogens with two attached hydrogens (primary N) is 1. The number of halogens is 1. The van der Waals surface area contributed by atoms with Crippen LogP contribution < -0.4 is 5.73 Å². The molecule has 0 saturated carbocycles. The quantitative estimate of drug-likeness (QED) is 0.623. The normalized spacial score (nSPS) is 27.6. The van der Waals surface area contributed by atoms with Gasteiger partial charge in [0.2, 0.25) is 0 Å². The van der Waals surface area contributed by atoms with E-state index in [0.29, 0.717) is 19.1 Å². The number of alkyl halides is 1. The summed E-state index contributed by atoms with van der Waals surface area (Å²) >= 11 is 0. The van der Waals surface area contributed by atoms with E-state index in [1.807, 2.05) is 0 Å². The van der Waals surface area contributed by atoms with Crippen LogP contribution >= 0.6 is 0 Å². The zero-order valence-electron chi connectivity index (χ0n) is 6.22. The minimum Gasteiger partial charge on any atom is -0.329 e. The Balaban J connectivity index is 2.27. The van der Waals surface area contributed by atoms with Gasteiger partial charge in [0, 0.05) is 19.1 Å². The molecule has 60 valence electrons. The fourth-order valence-corrected chi connectivity index (χ4v) is 1.57. The molecule has 2 nitrogen and oxygen atoms in total. The molecule has 1 heterocycles. The summed E-state index contributed by atoms with van der Waals surface area (Å²) < 4.78 is 11.9. The molecule has 1 fully saturated rings. The smallest absolute Gasteiger partial charge is 0.102 e. The Labute approximate surface area is 61.2 Å². The first kappa shape index (κ1) is 7.95. The topological polar surface area (TPSA) is 29.3 Å². The molecule has 0 radical (unpaired) electrons. The van der Waals surface area contributed by atoms with E-state index in [1.165, 1.54) is 6.42 Å². The summed E-state index contributed by atoms with van der Waals surface area (Å²) in [6, 6.07) is 0.454. The maximum absolute atomic E-state index is 11.9. The minimum absolute atomic E-state index is 0.240. The van der Waals surface area contributed by atoms with Gasteiger partial charge in [0.1, 0.15) is 6.67 Å². The van der Waals surface area contributed by atoms with Gasteiger partial charge in [0.05, 0.1) is 0 Å². The summed E-state index contributed by atoms with van der Waals surface area (Å²) in [6.45, 7) is 2.05. The maximum atomic E-state index is 11.9.